The Bertz CT molecular complexity index is 1110. The lowest BCUT2D eigenvalue weighted by Gasteiger charge is -2.18. The van der Waals surface area contributed by atoms with Crippen LogP contribution in [0.5, 0.6) is 0 Å². The Balaban J connectivity index is 4.36. The molecular formula is C57H102O6. The number of carbonyl (C=O) groups is 3. The van der Waals surface area contributed by atoms with Crippen molar-refractivity contribution >= 4 is 17.9 Å². The zero-order chi connectivity index (χ0) is 45.8. The number of ether oxygens (including phenoxy) is 3. The van der Waals surface area contributed by atoms with Gasteiger partial charge in [-0.3, -0.25) is 14.4 Å². The van der Waals surface area contributed by atoms with E-state index < -0.39 is 6.10 Å². The van der Waals surface area contributed by atoms with Crippen molar-refractivity contribution < 1.29 is 28.6 Å². The van der Waals surface area contributed by atoms with E-state index in [1.807, 2.05) is 0 Å². The Hall–Kier alpha value is -2.63. The number of rotatable bonds is 49. The lowest BCUT2D eigenvalue weighted by molar-refractivity contribution is -0.167. The number of carbonyl (C=O) groups excluding carboxylic acids is 3. The number of allylic oxidation sites excluding steroid dienone is 8. The van der Waals surface area contributed by atoms with Crippen LogP contribution in [0.15, 0.2) is 48.6 Å². The number of hydrogen-bond donors (Lipinski definition) is 0. The largest absolute Gasteiger partial charge is 0.462 e. The molecule has 6 heteroatoms. The van der Waals surface area contributed by atoms with Crippen LogP contribution in [0.3, 0.4) is 0 Å². The van der Waals surface area contributed by atoms with E-state index >= 15 is 0 Å². The van der Waals surface area contributed by atoms with E-state index in [9.17, 15) is 14.4 Å². The highest BCUT2D eigenvalue weighted by molar-refractivity contribution is 5.71. The molecule has 0 N–H and O–H groups in total. The van der Waals surface area contributed by atoms with Crippen LogP contribution in [0.1, 0.15) is 278 Å². The molecular weight excluding hydrogens is 781 g/mol. The van der Waals surface area contributed by atoms with E-state index in [1.54, 1.807) is 0 Å². The van der Waals surface area contributed by atoms with Crippen LogP contribution in [-0.2, 0) is 28.6 Å². The first kappa shape index (κ1) is 60.4. The summed E-state index contributed by atoms with van der Waals surface area (Å²) in [5, 5.41) is 0. The molecule has 0 radical (unpaired) electrons. The predicted octanol–water partition coefficient (Wildman–Crippen LogP) is 17.9. The fourth-order valence-corrected chi connectivity index (χ4v) is 7.68. The minimum atomic E-state index is -0.777. The van der Waals surface area contributed by atoms with E-state index in [4.69, 9.17) is 14.2 Å². The van der Waals surface area contributed by atoms with Crippen molar-refractivity contribution in [2.45, 2.75) is 284 Å². The maximum absolute atomic E-state index is 12.8. The summed E-state index contributed by atoms with van der Waals surface area (Å²) < 4.78 is 16.8. The van der Waals surface area contributed by atoms with Crippen LogP contribution in [0, 0.1) is 0 Å². The summed E-state index contributed by atoms with van der Waals surface area (Å²) in [4.78, 5) is 38.0. The Morgan fingerprint density at radius 3 is 0.905 bits per heavy atom. The molecule has 0 aliphatic rings. The van der Waals surface area contributed by atoms with Crippen molar-refractivity contribution in [3.05, 3.63) is 48.6 Å². The average Bonchev–Trinajstić information content (AvgIpc) is 3.28. The van der Waals surface area contributed by atoms with Crippen molar-refractivity contribution in [1.29, 1.82) is 0 Å². The zero-order valence-corrected chi connectivity index (χ0v) is 41.8. The lowest BCUT2D eigenvalue weighted by atomic mass is 10.1. The maximum Gasteiger partial charge on any atom is 0.306 e. The topological polar surface area (TPSA) is 78.9 Å². The molecule has 0 fully saturated rings. The van der Waals surface area contributed by atoms with Crippen molar-refractivity contribution in [2.75, 3.05) is 13.2 Å². The van der Waals surface area contributed by atoms with Gasteiger partial charge in [0.2, 0.25) is 0 Å². The fraction of sp³-hybridized carbons (Fsp3) is 0.807. The van der Waals surface area contributed by atoms with E-state index in [-0.39, 0.29) is 31.1 Å². The summed E-state index contributed by atoms with van der Waals surface area (Å²) in [5.74, 6) is -0.884. The van der Waals surface area contributed by atoms with Gasteiger partial charge in [-0.2, -0.15) is 0 Å². The highest BCUT2D eigenvalue weighted by Gasteiger charge is 2.19. The molecule has 0 amide bonds. The normalized spacial score (nSPS) is 12.4. The van der Waals surface area contributed by atoms with Gasteiger partial charge in [-0.15, -0.1) is 0 Å². The molecule has 0 aliphatic carbocycles. The second kappa shape index (κ2) is 52.0. The number of hydrogen-bond acceptors (Lipinski definition) is 6. The van der Waals surface area contributed by atoms with Gasteiger partial charge in [0.25, 0.3) is 0 Å². The van der Waals surface area contributed by atoms with Gasteiger partial charge in [-0.1, -0.05) is 223 Å². The molecule has 0 bridgehead atoms. The molecule has 63 heavy (non-hydrogen) atoms. The zero-order valence-electron chi connectivity index (χ0n) is 41.8. The lowest BCUT2D eigenvalue weighted by Crippen LogP contribution is -2.30. The van der Waals surface area contributed by atoms with Crippen LogP contribution >= 0.6 is 0 Å². The Morgan fingerprint density at radius 2 is 0.571 bits per heavy atom. The van der Waals surface area contributed by atoms with Crippen LogP contribution in [-0.4, -0.2) is 37.2 Å². The molecule has 0 aliphatic heterocycles. The first-order chi connectivity index (χ1) is 31.0. The SMILES string of the molecule is CCCCC/C=C\C/C=C\CCCCCCCCCC(=O)OCC(COC(=O)CCCCCCCCCCCCC)OC(=O)CCCCCCCCC/C=C\C/C=C\CCCCC. The molecule has 1 unspecified atom stereocenters. The summed E-state index contributed by atoms with van der Waals surface area (Å²) in [6, 6.07) is 0. The van der Waals surface area contributed by atoms with Crippen molar-refractivity contribution in [1.82, 2.24) is 0 Å². The average molecular weight is 883 g/mol. The Kier molecular flexibility index (Phi) is 49.8. The summed E-state index contributed by atoms with van der Waals surface area (Å²) in [6.45, 7) is 6.59. The highest BCUT2D eigenvalue weighted by Crippen LogP contribution is 2.15. The molecule has 366 valence electrons. The van der Waals surface area contributed by atoms with Crippen LogP contribution in [0.2, 0.25) is 0 Å². The van der Waals surface area contributed by atoms with Crippen LogP contribution in [0.4, 0.5) is 0 Å². The quantitative estimate of drug-likeness (QED) is 0.0262. The summed E-state index contributed by atoms with van der Waals surface area (Å²) in [7, 11) is 0. The molecule has 0 saturated carbocycles. The Labute approximate surface area is 390 Å². The predicted molar refractivity (Wildman–Crippen MR) is 270 cm³/mol. The second-order valence-corrected chi connectivity index (χ2v) is 18.1. The van der Waals surface area contributed by atoms with Gasteiger partial charge < -0.3 is 14.2 Å². The molecule has 0 heterocycles. The monoisotopic (exact) mass is 883 g/mol. The molecule has 0 saturated heterocycles. The van der Waals surface area contributed by atoms with Crippen molar-refractivity contribution in [3.8, 4) is 0 Å². The van der Waals surface area contributed by atoms with Gasteiger partial charge in [-0.25, -0.2) is 0 Å². The van der Waals surface area contributed by atoms with Crippen LogP contribution < -0.4 is 0 Å². The molecule has 0 aromatic carbocycles. The minimum Gasteiger partial charge on any atom is -0.462 e. The molecule has 6 nitrogen and oxygen atoms in total. The second-order valence-electron chi connectivity index (χ2n) is 18.1. The van der Waals surface area contributed by atoms with Gasteiger partial charge in [-0.05, 0) is 83.5 Å². The van der Waals surface area contributed by atoms with Gasteiger partial charge in [0.1, 0.15) is 13.2 Å². The maximum atomic E-state index is 12.8. The third-order valence-corrected chi connectivity index (χ3v) is 11.8. The number of unbranched alkanes of at least 4 members (excludes halogenated alkanes) is 30. The molecule has 0 aromatic heterocycles. The summed E-state index contributed by atoms with van der Waals surface area (Å²) >= 11 is 0. The highest BCUT2D eigenvalue weighted by atomic mass is 16.6. The van der Waals surface area contributed by atoms with E-state index in [2.05, 4.69) is 69.4 Å². The molecule has 0 rings (SSSR count). The van der Waals surface area contributed by atoms with Crippen LogP contribution in [0.25, 0.3) is 0 Å². The number of esters is 3. The van der Waals surface area contributed by atoms with Gasteiger partial charge in [0, 0.05) is 19.3 Å². The smallest absolute Gasteiger partial charge is 0.306 e. The van der Waals surface area contributed by atoms with E-state index in [0.29, 0.717) is 19.3 Å². The van der Waals surface area contributed by atoms with Gasteiger partial charge >= 0.3 is 17.9 Å². The third-order valence-electron chi connectivity index (χ3n) is 11.8. The first-order valence-corrected chi connectivity index (χ1v) is 27.1. The van der Waals surface area contributed by atoms with E-state index in [0.717, 1.165) is 83.5 Å². The van der Waals surface area contributed by atoms with E-state index in [1.165, 1.54) is 154 Å². The minimum absolute atomic E-state index is 0.0766. The Morgan fingerprint density at radius 1 is 0.317 bits per heavy atom. The fourth-order valence-electron chi connectivity index (χ4n) is 7.68. The first-order valence-electron chi connectivity index (χ1n) is 27.1. The molecule has 0 spiro atoms. The van der Waals surface area contributed by atoms with Crippen molar-refractivity contribution in [2.24, 2.45) is 0 Å². The van der Waals surface area contributed by atoms with Crippen molar-refractivity contribution in [3.63, 3.8) is 0 Å². The summed E-state index contributed by atoms with van der Waals surface area (Å²) in [5.41, 5.74) is 0. The third kappa shape index (κ3) is 50.2. The standard InChI is InChI=1S/C57H102O6/c1-4-7-10-13-16-19-22-24-26-28-30-32-35-38-41-44-47-50-56(59)62-53-54(52-61-55(58)49-46-43-40-37-34-21-18-15-12-9-6-3)63-57(60)51-48-45-42-39-36-33-31-29-27-25-23-20-17-14-11-8-5-2/h16-17,19-20,24-27,54H,4-15,18,21-23,28-53H2,1-3H3/b19-16-,20-17-,26-24-,27-25-. The van der Waals surface area contributed by atoms with Gasteiger partial charge in [0.15, 0.2) is 6.10 Å². The summed E-state index contributed by atoms with van der Waals surface area (Å²) in [6.07, 6.45) is 62.3. The van der Waals surface area contributed by atoms with Gasteiger partial charge in [0.05, 0.1) is 0 Å². The molecule has 1 atom stereocenters. The molecule has 0 aromatic rings.